The van der Waals surface area contributed by atoms with E-state index in [0.717, 1.165) is 9.87 Å². The zero-order valence-electron chi connectivity index (χ0n) is 22.3. The molecule has 5 atom stereocenters. The maximum Gasteiger partial charge on any atom is 0.407 e. The average Bonchev–Trinajstić information content (AvgIpc) is 3.44. The number of halogens is 2. The van der Waals surface area contributed by atoms with Gasteiger partial charge in [0, 0.05) is 18.8 Å². The lowest BCUT2D eigenvalue weighted by Crippen LogP contribution is -2.52. The lowest BCUT2D eigenvalue weighted by Gasteiger charge is -2.31. The molecule has 4 rings (SSSR count). The number of nitrogens with zero attached hydrogens (tertiary/aromatic N) is 1. The van der Waals surface area contributed by atoms with Crippen molar-refractivity contribution in [3.63, 3.8) is 0 Å². The Morgan fingerprint density at radius 2 is 1.82 bits per heavy atom. The number of hydrogen-bond donors (Lipinski definition) is 3. The molecule has 220 valence electrons. The first-order valence-electron chi connectivity index (χ1n) is 13.0. The number of carbonyl (C=O) groups is 1. The predicted molar refractivity (Wildman–Crippen MR) is 142 cm³/mol. The summed E-state index contributed by atoms with van der Waals surface area (Å²) in [4.78, 5) is 12.9. The number of ether oxygens (including phenoxy) is 3. The second-order valence-corrected chi connectivity index (χ2v) is 12.5. The van der Waals surface area contributed by atoms with E-state index in [4.69, 9.17) is 19.9 Å². The molecule has 0 spiro atoms. The molecule has 1 unspecified atom stereocenters. The average molecular weight is 584 g/mol. The molecule has 2 saturated heterocycles. The van der Waals surface area contributed by atoms with Gasteiger partial charge >= 0.3 is 6.09 Å². The molecule has 2 aromatic carbocycles. The summed E-state index contributed by atoms with van der Waals surface area (Å²) in [6.45, 7) is 2.36. The quantitative estimate of drug-likeness (QED) is 0.343. The molecule has 2 aromatic rings. The molecule has 2 fully saturated rings. The minimum atomic E-state index is -4.02. The van der Waals surface area contributed by atoms with Crippen LogP contribution in [0.1, 0.15) is 19.4 Å². The zero-order chi connectivity index (χ0) is 29.1. The van der Waals surface area contributed by atoms with Crippen molar-refractivity contribution in [3.05, 3.63) is 60.2 Å². The van der Waals surface area contributed by atoms with Crippen molar-refractivity contribution in [2.24, 2.45) is 11.8 Å². The fourth-order valence-corrected chi connectivity index (χ4v) is 6.49. The van der Waals surface area contributed by atoms with Gasteiger partial charge in [-0.05, 0) is 42.2 Å². The van der Waals surface area contributed by atoms with Crippen molar-refractivity contribution in [1.29, 1.82) is 0 Å². The number of sulfonamides is 1. The van der Waals surface area contributed by atoms with Gasteiger partial charge in [-0.3, -0.25) is 0 Å². The highest BCUT2D eigenvalue weighted by molar-refractivity contribution is 7.89. The van der Waals surface area contributed by atoms with Crippen LogP contribution in [0, 0.1) is 11.8 Å². The SMILES string of the molecule is CC(C)CN(C[C@@H](O)[C@H](Cc1ccccc1)NC(=O)OC1CO[C@H]2OCC(F)(F)[C@@H]12)S(=O)(=O)c1ccc(N)cc1. The first-order valence-corrected chi connectivity index (χ1v) is 14.5. The second-order valence-electron chi connectivity index (χ2n) is 10.5. The standard InChI is InChI=1S/C27H35F2N3O7S/c1-17(2)13-32(40(35,36)20-10-8-19(30)9-11-20)14-22(33)21(12-18-6-4-3-5-7-18)31-26(34)39-23-15-37-25-24(23)27(28,29)16-38-25/h3-11,17,21-25,33H,12-16,30H2,1-2H3,(H,31,34)/t21-,22+,23?,24-,25-/m0/s1. The molecule has 13 heteroatoms. The summed E-state index contributed by atoms with van der Waals surface area (Å²) in [7, 11) is -4.02. The van der Waals surface area contributed by atoms with Crippen molar-refractivity contribution < 1.29 is 41.3 Å². The number of carbonyl (C=O) groups excluding carboxylic acids is 1. The number of aliphatic hydroxyl groups is 1. The van der Waals surface area contributed by atoms with Crippen LogP contribution in [0.5, 0.6) is 0 Å². The summed E-state index contributed by atoms with van der Waals surface area (Å²) in [5.74, 6) is -4.74. The highest BCUT2D eigenvalue weighted by atomic mass is 32.2. The Labute approximate surface area is 232 Å². The second kappa shape index (κ2) is 12.4. The highest BCUT2D eigenvalue weighted by Crippen LogP contribution is 2.43. The Hall–Kier alpha value is -2.84. The molecule has 0 aliphatic carbocycles. The third kappa shape index (κ3) is 7.07. The number of alkyl halides is 2. The molecular weight excluding hydrogens is 548 g/mol. The van der Waals surface area contributed by atoms with Crippen LogP contribution < -0.4 is 11.1 Å². The van der Waals surface area contributed by atoms with Crippen molar-refractivity contribution >= 4 is 21.8 Å². The van der Waals surface area contributed by atoms with E-state index < -0.39 is 59.1 Å². The van der Waals surface area contributed by atoms with Crippen LogP contribution >= 0.6 is 0 Å². The minimum Gasteiger partial charge on any atom is -0.443 e. The van der Waals surface area contributed by atoms with Gasteiger partial charge in [0.2, 0.25) is 10.0 Å². The molecule has 2 aliphatic heterocycles. The fraction of sp³-hybridized carbons (Fsp3) is 0.519. The lowest BCUT2D eigenvalue weighted by atomic mass is 9.99. The maximum atomic E-state index is 14.3. The van der Waals surface area contributed by atoms with E-state index in [1.807, 2.05) is 13.8 Å². The van der Waals surface area contributed by atoms with Gasteiger partial charge in [0.25, 0.3) is 5.92 Å². The normalized spacial score (nSPS) is 23.6. The van der Waals surface area contributed by atoms with Crippen LogP contribution in [-0.2, 0) is 30.7 Å². The Balaban J connectivity index is 1.52. The Morgan fingerprint density at radius 1 is 1.15 bits per heavy atom. The highest BCUT2D eigenvalue weighted by Gasteiger charge is 2.60. The number of fused-ring (bicyclic) bond motifs is 1. The Bertz CT molecular complexity index is 1250. The van der Waals surface area contributed by atoms with Gasteiger partial charge < -0.3 is 30.4 Å². The van der Waals surface area contributed by atoms with Crippen molar-refractivity contribution in [2.45, 2.75) is 55.6 Å². The van der Waals surface area contributed by atoms with Crippen molar-refractivity contribution in [3.8, 4) is 0 Å². The van der Waals surface area contributed by atoms with Gasteiger partial charge in [-0.25, -0.2) is 22.0 Å². The van der Waals surface area contributed by atoms with Crippen LogP contribution in [0.2, 0.25) is 0 Å². The monoisotopic (exact) mass is 583 g/mol. The third-order valence-corrected chi connectivity index (χ3v) is 8.69. The number of nitrogens with two attached hydrogens (primary N) is 1. The lowest BCUT2D eigenvalue weighted by molar-refractivity contribution is -0.0953. The molecule has 4 N–H and O–H groups in total. The Kier molecular flexibility index (Phi) is 9.30. The minimum absolute atomic E-state index is 0.0111. The van der Waals surface area contributed by atoms with E-state index in [1.165, 1.54) is 24.3 Å². The van der Waals surface area contributed by atoms with Gasteiger partial charge in [-0.15, -0.1) is 0 Å². The smallest absolute Gasteiger partial charge is 0.407 e. The van der Waals surface area contributed by atoms with Gasteiger partial charge in [-0.1, -0.05) is 44.2 Å². The molecule has 2 aliphatic rings. The summed E-state index contributed by atoms with van der Waals surface area (Å²) in [5.41, 5.74) is 6.87. The predicted octanol–water partition coefficient (Wildman–Crippen LogP) is 2.62. The molecule has 2 heterocycles. The van der Waals surface area contributed by atoms with Crippen LogP contribution in [0.4, 0.5) is 19.3 Å². The first kappa shape index (κ1) is 30.1. The van der Waals surface area contributed by atoms with Gasteiger partial charge in [0.05, 0.1) is 23.6 Å². The first-order chi connectivity index (χ1) is 18.9. The summed E-state index contributed by atoms with van der Waals surface area (Å²) < 4.78 is 72.1. The fourth-order valence-electron chi connectivity index (χ4n) is 4.87. The van der Waals surface area contributed by atoms with Gasteiger partial charge in [0.15, 0.2) is 6.29 Å². The number of rotatable bonds is 11. The van der Waals surface area contributed by atoms with Crippen LogP contribution in [0.15, 0.2) is 59.5 Å². The number of benzene rings is 2. The molecule has 0 bridgehead atoms. The topological polar surface area (TPSA) is 140 Å². The number of aliphatic hydroxyl groups excluding tert-OH is 1. The molecule has 1 amide bonds. The van der Waals surface area contributed by atoms with E-state index >= 15 is 0 Å². The zero-order valence-corrected chi connectivity index (χ0v) is 23.1. The summed E-state index contributed by atoms with van der Waals surface area (Å²) in [5, 5.41) is 13.9. The Morgan fingerprint density at radius 3 is 2.48 bits per heavy atom. The molecule has 40 heavy (non-hydrogen) atoms. The number of nitrogens with one attached hydrogen (secondary N) is 1. The van der Waals surface area contributed by atoms with Crippen molar-refractivity contribution in [2.75, 3.05) is 32.0 Å². The molecule has 10 nitrogen and oxygen atoms in total. The third-order valence-electron chi connectivity index (χ3n) is 6.85. The molecule has 0 saturated carbocycles. The van der Waals surface area contributed by atoms with E-state index in [1.54, 1.807) is 30.3 Å². The van der Waals surface area contributed by atoms with E-state index in [9.17, 15) is 27.1 Å². The number of nitrogen functional groups attached to an aromatic ring is 1. The summed E-state index contributed by atoms with van der Waals surface area (Å²) >= 11 is 0. The van der Waals surface area contributed by atoms with Crippen LogP contribution in [-0.4, -0.2) is 80.7 Å². The van der Waals surface area contributed by atoms with E-state index in [2.05, 4.69) is 5.32 Å². The maximum absolute atomic E-state index is 14.3. The molecule has 0 radical (unpaired) electrons. The summed E-state index contributed by atoms with van der Waals surface area (Å²) in [6.07, 6.45) is -4.70. The number of hydrogen-bond acceptors (Lipinski definition) is 8. The van der Waals surface area contributed by atoms with Crippen molar-refractivity contribution in [1.82, 2.24) is 9.62 Å². The van der Waals surface area contributed by atoms with E-state index in [0.29, 0.717) is 5.69 Å². The molecular formula is C27H35F2N3O7S. The number of amides is 1. The van der Waals surface area contributed by atoms with Gasteiger partial charge in [-0.2, -0.15) is 4.31 Å². The van der Waals surface area contributed by atoms with Gasteiger partial charge in [0.1, 0.15) is 18.6 Å². The number of alkyl carbamates (subject to hydrolysis) is 1. The summed E-state index contributed by atoms with van der Waals surface area (Å²) in [6, 6.07) is 13.7. The number of anilines is 1. The molecule has 0 aromatic heterocycles. The van der Waals surface area contributed by atoms with Crippen LogP contribution in [0.3, 0.4) is 0 Å². The largest absolute Gasteiger partial charge is 0.443 e. The van der Waals surface area contributed by atoms with Crippen LogP contribution in [0.25, 0.3) is 0 Å². The van der Waals surface area contributed by atoms with E-state index in [-0.39, 0.29) is 36.9 Å².